The number of carboxylic acid groups (broad SMARTS) is 1. The Morgan fingerprint density at radius 3 is 2.50 bits per heavy atom. The number of anilines is 1. The highest BCUT2D eigenvalue weighted by Crippen LogP contribution is 2.32. The van der Waals surface area contributed by atoms with Crippen LogP contribution in [0.3, 0.4) is 0 Å². The molecule has 1 fully saturated rings. The molecule has 2 aromatic carbocycles. The number of carbonyl (C=O) groups is 2. The Labute approximate surface area is 163 Å². The SMILES string of the molecule is O=C(Nc1ccc2c([C@H](C(=O)O)N3CCCCC3)c[nH]c2c1)c1ccccc1. The summed E-state index contributed by atoms with van der Waals surface area (Å²) in [5.74, 6) is -1.01. The number of fused-ring (bicyclic) bond motifs is 1. The lowest BCUT2D eigenvalue weighted by Crippen LogP contribution is -2.37. The molecule has 0 radical (unpaired) electrons. The van der Waals surface area contributed by atoms with Crippen LogP contribution in [0.5, 0.6) is 0 Å². The number of H-pyrrole nitrogens is 1. The quantitative estimate of drug-likeness (QED) is 0.627. The summed E-state index contributed by atoms with van der Waals surface area (Å²) in [5.41, 5.74) is 2.83. The van der Waals surface area contributed by atoms with E-state index in [2.05, 4.69) is 10.3 Å². The molecule has 1 aliphatic rings. The van der Waals surface area contributed by atoms with E-state index in [0.29, 0.717) is 11.3 Å². The summed E-state index contributed by atoms with van der Waals surface area (Å²) >= 11 is 0. The van der Waals surface area contributed by atoms with Gasteiger partial charge in [-0.1, -0.05) is 30.7 Å². The Bertz CT molecular complexity index is 991. The number of aromatic nitrogens is 1. The van der Waals surface area contributed by atoms with Crippen LogP contribution in [0.1, 0.15) is 41.2 Å². The van der Waals surface area contributed by atoms with Gasteiger partial charge in [-0.25, -0.2) is 0 Å². The Morgan fingerprint density at radius 2 is 1.79 bits per heavy atom. The van der Waals surface area contributed by atoms with Gasteiger partial charge in [-0.2, -0.15) is 0 Å². The molecule has 0 unspecified atom stereocenters. The van der Waals surface area contributed by atoms with Crippen LogP contribution in [0.2, 0.25) is 0 Å². The molecule has 2 heterocycles. The number of hydrogen-bond acceptors (Lipinski definition) is 3. The van der Waals surface area contributed by atoms with Crippen molar-refractivity contribution in [1.82, 2.24) is 9.88 Å². The van der Waals surface area contributed by atoms with Gasteiger partial charge < -0.3 is 15.4 Å². The van der Waals surface area contributed by atoms with Crippen LogP contribution in [-0.2, 0) is 4.79 Å². The van der Waals surface area contributed by atoms with Crippen molar-refractivity contribution in [3.05, 3.63) is 65.9 Å². The van der Waals surface area contributed by atoms with Gasteiger partial charge >= 0.3 is 5.97 Å². The predicted octanol–water partition coefficient (Wildman–Crippen LogP) is 4.03. The van der Waals surface area contributed by atoms with Gasteiger partial charge in [0, 0.05) is 33.9 Å². The van der Waals surface area contributed by atoms with Gasteiger partial charge in [-0.05, 0) is 50.2 Å². The molecule has 6 heteroatoms. The third kappa shape index (κ3) is 3.64. The summed E-state index contributed by atoms with van der Waals surface area (Å²) in [5, 5.41) is 13.6. The topological polar surface area (TPSA) is 85.4 Å². The van der Waals surface area contributed by atoms with Crippen LogP contribution in [0.15, 0.2) is 54.7 Å². The molecule has 6 nitrogen and oxygen atoms in total. The second-order valence-corrected chi connectivity index (χ2v) is 7.16. The Hall–Kier alpha value is -3.12. The number of hydrogen-bond donors (Lipinski definition) is 3. The van der Waals surface area contributed by atoms with Gasteiger partial charge in [0.15, 0.2) is 0 Å². The Morgan fingerprint density at radius 1 is 1.04 bits per heavy atom. The number of piperidine rings is 1. The normalized spacial score (nSPS) is 16.0. The zero-order valence-electron chi connectivity index (χ0n) is 15.5. The van der Waals surface area contributed by atoms with E-state index in [0.717, 1.165) is 48.8 Å². The van der Waals surface area contributed by atoms with Crippen molar-refractivity contribution in [1.29, 1.82) is 0 Å². The average Bonchev–Trinajstić information content (AvgIpc) is 3.12. The molecule has 144 valence electrons. The summed E-state index contributed by atoms with van der Waals surface area (Å²) in [6, 6.07) is 13.9. The van der Waals surface area contributed by atoms with Gasteiger partial charge in [0.2, 0.25) is 0 Å². The fraction of sp³-hybridized carbons (Fsp3) is 0.273. The molecular formula is C22H23N3O3. The molecule has 4 rings (SSSR count). The van der Waals surface area contributed by atoms with Gasteiger partial charge in [0.1, 0.15) is 6.04 Å². The average molecular weight is 377 g/mol. The van der Waals surface area contributed by atoms with E-state index in [9.17, 15) is 14.7 Å². The van der Waals surface area contributed by atoms with Crippen LogP contribution in [0, 0.1) is 0 Å². The first-order valence-corrected chi connectivity index (χ1v) is 9.58. The molecule has 1 amide bonds. The number of carboxylic acids is 1. The number of benzene rings is 2. The molecular weight excluding hydrogens is 354 g/mol. The molecule has 1 aromatic heterocycles. The first-order valence-electron chi connectivity index (χ1n) is 9.58. The fourth-order valence-electron chi connectivity index (χ4n) is 3.91. The summed E-state index contributed by atoms with van der Waals surface area (Å²) < 4.78 is 0. The van der Waals surface area contributed by atoms with Crippen molar-refractivity contribution >= 4 is 28.5 Å². The number of nitrogens with zero attached hydrogens (tertiary/aromatic N) is 1. The van der Waals surface area contributed by atoms with Crippen LogP contribution >= 0.6 is 0 Å². The second-order valence-electron chi connectivity index (χ2n) is 7.16. The van der Waals surface area contributed by atoms with Crippen LogP contribution < -0.4 is 5.32 Å². The number of amides is 1. The summed E-state index contributed by atoms with van der Waals surface area (Å²) in [7, 11) is 0. The lowest BCUT2D eigenvalue weighted by molar-refractivity contribution is -0.144. The molecule has 1 saturated heterocycles. The van der Waals surface area contributed by atoms with E-state index in [4.69, 9.17) is 0 Å². The van der Waals surface area contributed by atoms with Crippen LogP contribution in [-0.4, -0.2) is 40.0 Å². The first-order chi connectivity index (χ1) is 13.6. The molecule has 0 saturated carbocycles. The maximum Gasteiger partial charge on any atom is 0.325 e. The highest BCUT2D eigenvalue weighted by Gasteiger charge is 2.30. The molecule has 3 N–H and O–H groups in total. The first kappa shape index (κ1) is 18.3. The molecule has 28 heavy (non-hydrogen) atoms. The third-order valence-electron chi connectivity index (χ3n) is 5.29. The summed E-state index contributed by atoms with van der Waals surface area (Å²) in [6.07, 6.45) is 4.99. The standard InChI is InChI=1S/C22H23N3O3/c26-21(15-7-3-1-4-8-15)24-16-9-10-17-18(14-23-19(17)13-16)20(22(27)28)25-11-5-2-6-12-25/h1,3-4,7-10,13-14,20,23H,2,5-6,11-12H2,(H,24,26)(H,27,28)/t20-/m1/s1. The van der Waals surface area contributed by atoms with Crippen molar-refractivity contribution in [3.63, 3.8) is 0 Å². The molecule has 3 aromatic rings. The maximum absolute atomic E-state index is 12.4. The number of aromatic amines is 1. The van der Waals surface area contributed by atoms with Crippen molar-refractivity contribution in [3.8, 4) is 0 Å². The number of likely N-dealkylation sites (tertiary alicyclic amines) is 1. The summed E-state index contributed by atoms with van der Waals surface area (Å²) in [6.45, 7) is 1.60. The monoisotopic (exact) mass is 377 g/mol. The molecule has 0 bridgehead atoms. The summed E-state index contributed by atoms with van der Waals surface area (Å²) in [4.78, 5) is 29.6. The van der Waals surface area contributed by atoms with Crippen LogP contribution in [0.4, 0.5) is 5.69 Å². The smallest absolute Gasteiger partial charge is 0.325 e. The highest BCUT2D eigenvalue weighted by molar-refractivity contribution is 6.05. The van der Waals surface area contributed by atoms with E-state index in [-0.39, 0.29) is 5.91 Å². The van der Waals surface area contributed by atoms with E-state index in [1.54, 1.807) is 18.3 Å². The number of aliphatic carboxylic acids is 1. The number of rotatable bonds is 5. The molecule has 1 atom stereocenters. The minimum absolute atomic E-state index is 0.177. The lowest BCUT2D eigenvalue weighted by atomic mass is 10.0. The van der Waals surface area contributed by atoms with E-state index in [1.165, 1.54) is 0 Å². The number of nitrogens with one attached hydrogen (secondary N) is 2. The minimum Gasteiger partial charge on any atom is -0.480 e. The lowest BCUT2D eigenvalue weighted by Gasteiger charge is -2.31. The maximum atomic E-state index is 12.4. The molecule has 1 aliphatic heterocycles. The van der Waals surface area contributed by atoms with Crippen molar-refractivity contribution in [2.75, 3.05) is 18.4 Å². The van der Waals surface area contributed by atoms with E-state index >= 15 is 0 Å². The number of carbonyl (C=O) groups excluding carboxylic acids is 1. The van der Waals surface area contributed by atoms with Crippen LogP contribution in [0.25, 0.3) is 10.9 Å². The second kappa shape index (κ2) is 7.86. The molecule has 0 aliphatic carbocycles. The third-order valence-corrected chi connectivity index (χ3v) is 5.29. The fourth-order valence-corrected chi connectivity index (χ4v) is 3.91. The largest absolute Gasteiger partial charge is 0.480 e. The van der Waals surface area contributed by atoms with Crippen molar-refractivity contribution < 1.29 is 14.7 Å². The van der Waals surface area contributed by atoms with Crippen molar-refractivity contribution in [2.24, 2.45) is 0 Å². The van der Waals surface area contributed by atoms with E-state index < -0.39 is 12.0 Å². The zero-order valence-corrected chi connectivity index (χ0v) is 15.5. The van der Waals surface area contributed by atoms with Gasteiger partial charge in [-0.3, -0.25) is 14.5 Å². The predicted molar refractivity (Wildman–Crippen MR) is 108 cm³/mol. The van der Waals surface area contributed by atoms with Gasteiger partial charge in [-0.15, -0.1) is 0 Å². The minimum atomic E-state index is -0.829. The van der Waals surface area contributed by atoms with Gasteiger partial charge in [0.05, 0.1) is 0 Å². The Kier molecular flexibility index (Phi) is 5.12. The zero-order chi connectivity index (χ0) is 19.5. The van der Waals surface area contributed by atoms with Gasteiger partial charge in [0.25, 0.3) is 5.91 Å². The highest BCUT2D eigenvalue weighted by atomic mass is 16.4. The Balaban J connectivity index is 1.60. The van der Waals surface area contributed by atoms with E-state index in [1.807, 2.05) is 41.3 Å². The molecule has 0 spiro atoms. The van der Waals surface area contributed by atoms with Crippen molar-refractivity contribution in [2.45, 2.75) is 25.3 Å².